The van der Waals surface area contributed by atoms with Gasteiger partial charge in [0.15, 0.2) is 11.5 Å². The van der Waals surface area contributed by atoms with Gasteiger partial charge in [0, 0.05) is 12.1 Å². The molecule has 0 saturated heterocycles. The molecular formula is C24H18N2O6. The van der Waals surface area contributed by atoms with Crippen molar-refractivity contribution in [3.63, 3.8) is 0 Å². The molecule has 0 unspecified atom stereocenters. The number of benzene rings is 4. The van der Waals surface area contributed by atoms with Gasteiger partial charge < -0.3 is 10.2 Å². The highest BCUT2D eigenvalue weighted by Gasteiger charge is 2.14. The first-order chi connectivity index (χ1) is 15.4. The van der Waals surface area contributed by atoms with Crippen molar-refractivity contribution < 1.29 is 20.1 Å². The Balaban J connectivity index is 0.000000181. The topological polar surface area (TPSA) is 127 Å². The van der Waals surface area contributed by atoms with E-state index < -0.39 is 9.85 Å². The molecule has 0 aromatic heterocycles. The van der Waals surface area contributed by atoms with Crippen LogP contribution in [0.4, 0.5) is 11.4 Å². The van der Waals surface area contributed by atoms with Crippen molar-refractivity contribution in [1.29, 1.82) is 0 Å². The number of phenolic OH excluding ortho intramolecular Hbond substituents is 2. The summed E-state index contributed by atoms with van der Waals surface area (Å²) in [5.74, 6) is -0.629. The van der Waals surface area contributed by atoms with Crippen LogP contribution in [0.2, 0.25) is 0 Å². The number of nitrogens with zero attached hydrogens (tertiary/aromatic N) is 2. The van der Waals surface area contributed by atoms with E-state index in [-0.39, 0.29) is 22.9 Å². The fourth-order valence-electron chi connectivity index (χ4n) is 2.97. The van der Waals surface area contributed by atoms with Gasteiger partial charge in [-0.2, -0.15) is 0 Å². The molecule has 0 bridgehead atoms. The molecule has 4 aromatic carbocycles. The standard InChI is InChI=1S/2C12H9NO3/c14-12-7-6-10(8-11(12)13(15)16)9-4-2-1-3-5-9;14-12-8-10(6-7-11(12)13(15)16)9-4-2-1-3-5-9/h2*1-8,14H. The Bertz CT molecular complexity index is 1240. The molecule has 0 spiro atoms. The molecule has 0 atom stereocenters. The van der Waals surface area contributed by atoms with E-state index in [9.17, 15) is 30.4 Å². The van der Waals surface area contributed by atoms with Gasteiger partial charge in [-0.1, -0.05) is 66.7 Å². The van der Waals surface area contributed by atoms with Crippen molar-refractivity contribution in [2.75, 3.05) is 0 Å². The van der Waals surface area contributed by atoms with Crippen LogP contribution >= 0.6 is 0 Å². The predicted molar refractivity (Wildman–Crippen MR) is 120 cm³/mol. The summed E-state index contributed by atoms with van der Waals surface area (Å²) in [6.07, 6.45) is 0. The van der Waals surface area contributed by atoms with Crippen LogP contribution in [-0.2, 0) is 0 Å². The van der Waals surface area contributed by atoms with Gasteiger partial charge in [-0.15, -0.1) is 0 Å². The quantitative estimate of drug-likeness (QED) is 0.305. The molecule has 0 fully saturated rings. The summed E-state index contributed by atoms with van der Waals surface area (Å²) in [7, 11) is 0. The Hall–Kier alpha value is -4.72. The first kappa shape index (κ1) is 22.0. The van der Waals surface area contributed by atoms with Crippen molar-refractivity contribution >= 4 is 11.4 Å². The van der Waals surface area contributed by atoms with Gasteiger partial charge in [-0.3, -0.25) is 20.2 Å². The molecule has 0 heterocycles. The van der Waals surface area contributed by atoms with Gasteiger partial charge in [0.1, 0.15) is 0 Å². The van der Waals surface area contributed by atoms with Crippen molar-refractivity contribution in [2.45, 2.75) is 0 Å². The second-order valence-corrected chi connectivity index (χ2v) is 6.65. The molecule has 8 nitrogen and oxygen atoms in total. The first-order valence-electron chi connectivity index (χ1n) is 9.42. The largest absolute Gasteiger partial charge is 0.502 e. The summed E-state index contributed by atoms with van der Waals surface area (Å²) in [4.78, 5) is 20.0. The van der Waals surface area contributed by atoms with Crippen LogP contribution in [0.15, 0.2) is 97.1 Å². The maximum absolute atomic E-state index is 10.7. The van der Waals surface area contributed by atoms with E-state index in [0.717, 1.165) is 16.7 Å². The molecular weight excluding hydrogens is 412 g/mol. The molecule has 0 radical (unpaired) electrons. The number of rotatable bonds is 4. The van der Waals surface area contributed by atoms with Gasteiger partial charge in [0.25, 0.3) is 0 Å². The van der Waals surface area contributed by atoms with Crippen LogP contribution in [0.3, 0.4) is 0 Å². The predicted octanol–water partition coefficient (Wildman–Crippen LogP) is 5.93. The summed E-state index contributed by atoms with van der Waals surface area (Å²) >= 11 is 0. The fraction of sp³-hybridized carbons (Fsp3) is 0. The number of nitro benzene ring substituents is 2. The van der Waals surface area contributed by atoms with Gasteiger partial charge in [0.05, 0.1) is 9.85 Å². The van der Waals surface area contributed by atoms with Crippen LogP contribution < -0.4 is 0 Å². The monoisotopic (exact) mass is 430 g/mol. The van der Waals surface area contributed by atoms with Gasteiger partial charge in [-0.05, 0) is 40.5 Å². The lowest BCUT2D eigenvalue weighted by Gasteiger charge is -2.02. The van der Waals surface area contributed by atoms with Crippen LogP contribution in [-0.4, -0.2) is 20.1 Å². The zero-order valence-corrected chi connectivity index (χ0v) is 16.7. The minimum Gasteiger partial charge on any atom is -0.502 e. The Morgan fingerprint density at radius 3 is 1.44 bits per heavy atom. The molecule has 0 aliphatic heterocycles. The van der Waals surface area contributed by atoms with E-state index in [1.54, 1.807) is 12.1 Å². The molecule has 8 heteroatoms. The summed E-state index contributed by atoms with van der Waals surface area (Å²) in [5, 5.41) is 40.0. The third-order valence-electron chi connectivity index (χ3n) is 4.56. The molecule has 4 rings (SSSR count). The lowest BCUT2D eigenvalue weighted by atomic mass is 10.1. The highest BCUT2D eigenvalue weighted by molar-refractivity contribution is 5.69. The Morgan fingerprint density at radius 1 is 0.500 bits per heavy atom. The van der Waals surface area contributed by atoms with E-state index in [1.807, 2.05) is 60.7 Å². The van der Waals surface area contributed by atoms with Crippen molar-refractivity contribution in [2.24, 2.45) is 0 Å². The molecule has 0 aliphatic carbocycles. The van der Waals surface area contributed by atoms with E-state index in [4.69, 9.17) is 0 Å². The van der Waals surface area contributed by atoms with Crippen molar-refractivity contribution in [3.8, 4) is 33.8 Å². The number of hydrogen-bond donors (Lipinski definition) is 2. The number of aromatic hydroxyl groups is 2. The zero-order valence-electron chi connectivity index (χ0n) is 16.7. The van der Waals surface area contributed by atoms with Crippen LogP contribution in [0.1, 0.15) is 0 Å². The van der Waals surface area contributed by atoms with Gasteiger partial charge in [-0.25, -0.2) is 0 Å². The zero-order chi connectivity index (χ0) is 23.1. The van der Waals surface area contributed by atoms with Crippen LogP contribution in [0.5, 0.6) is 11.5 Å². The lowest BCUT2D eigenvalue weighted by molar-refractivity contribution is -0.386. The summed E-state index contributed by atoms with van der Waals surface area (Å²) in [6.45, 7) is 0. The van der Waals surface area contributed by atoms with E-state index in [1.165, 1.54) is 24.3 Å². The second kappa shape index (κ2) is 9.86. The Labute approximate surface area is 183 Å². The smallest absolute Gasteiger partial charge is 0.311 e. The SMILES string of the molecule is O=[N+]([O-])c1cc(-c2ccccc2)ccc1O.O=[N+]([O-])c1ccc(-c2ccccc2)cc1O. The lowest BCUT2D eigenvalue weighted by Crippen LogP contribution is -1.89. The van der Waals surface area contributed by atoms with E-state index in [2.05, 4.69) is 0 Å². The number of hydrogen-bond acceptors (Lipinski definition) is 6. The Kier molecular flexibility index (Phi) is 6.77. The average molecular weight is 430 g/mol. The summed E-state index contributed by atoms with van der Waals surface area (Å²) < 4.78 is 0. The minimum atomic E-state index is -0.607. The minimum absolute atomic E-state index is 0.277. The molecule has 4 aromatic rings. The van der Waals surface area contributed by atoms with Crippen LogP contribution in [0, 0.1) is 20.2 Å². The summed E-state index contributed by atoms with van der Waals surface area (Å²) in [5.41, 5.74) is 2.70. The fourth-order valence-corrected chi connectivity index (χ4v) is 2.97. The first-order valence-corrected chi connectivity index (χ1v) is 9.42. The Morgan fingerprint density at radius 2 is 0.969 bits per heavy atom. The third-order valence-corrected chi connectivity index (χ3v) is 4.56. The molecule has 0 amide bonds. The molecule has 160 valence electrons. The molecule has 2 N–H and O–H groups in total. The van der Waals surface area contributed by atoms with Gasteiger partial charge >= 0.3 is 11.4 Å². The molecule has 0 saturated carbocycles. The second-order valence-electron chi connectivity index (χ2n) is 6.65. The van der Waals surface area contributed by atoms with Gasteiger partial charge in [0.2, 0.25) is 0 Å². The van der Waals surface area contributed by atoms with Crippen LogP contribution in [0.25, 0.3) is 22.3 Å². The number of nitro groups is 2. The van der Waals surface area contributed by atoms with Crippen molar-refractivity contribution in [1.82, 2.24) is 0 Å². The maximum Gasteiger partial charge on any atom is 0.311 e. The molecule has 32 heavy (non-hydrogen) atoms. The highest BCUT2D eigenvalue weighted by atomic mass is 16.6. The third kappa shape index (κ3) is 5.25. The van der Waals surface area contributed by atoms with Crippen molar-refractivity contribution in [3.05, 3.63) is 117 Å². The summed E-state index contributed by atoms with van der Waals surface area (Å²) in [6, 6.07) is 27.3. The maximum atomic E-state index is 10.7. The molecule has 0 aliphatic rings. The van der Waals surface area contributed by atoms with E-state index in [0.29, 0.717) is 5.56 Å². The number of phenols is 2. The average Bonchev–Trinajstić information content (AvgIpc) is 2.80. The van der Waals surface area contributed by atoms with E-state index >= 15 is 0 Å². The normalized spacial score (nSPS) is 10.0. The highest BCUT2D eigenvalue weighted by Crippen LogP contribution is 2.32.